The topological polar surface area (TPSA) is 57.8 Å². The highest BCUT2D eigenvalue weighted by Crippen LogP contribution is 2.14. The van der Waals surface area contributed by atoms with E-state index in [9.17, 15) is 4.79 Å². The van der Waals surface area contributed by atoms with E-state index in [4.69, 9.17) is 0 Å². The van der Waals surface area contributed by atoms with E-state index in [2.05, 4.69) is 15.5 Å². The van der Waals surface area contributed by atoms with E-state index in [1.807, 2.05) is 24.3 Å². The summed E-state index contributed by atoms with van der Waals surface area (Å²) in [5.74, 6) is 0.00458. The van der Waals surface area contributed by atoms with Gasteiger partial charge in [0.2, 0.25) is 0 Å². The van der Waals surface area contributed by atoms with E-state index < -0.39 is 0 Å². The predicted molar refractivity (Wildman–Crippen MR) is 54.4 cm³/mol. The number of nitrogens with zero attached hydrogens (tertiary/aromatic N) is 1. The van der Waals surface area contributed by atoms with E-state index in [-0.39, 0.29) is 5.78 Å². The van der Waals surface area contributed by atoms with Gasteiger partial charge in [0.15, 0.2) is 5.78 Å². The van der Waals surface area contributed by atoms with Crippen LogP contribution in [0.5, 0.6) is 0 Å². The van der Waals surface area contributed by atoms with Crippen LogP contribution in [0.4, 0.5) is 0 Å². The molecular formula is C10H11N3O. The van der Waals surface area contributed by atoms with Crippen LogP contribution in [0.3, 0.4) is 0 Å². The predicted octanol–water partition coefficient (Wildman–Crippen LogP) is 0.965. The van der Waals surface area contributed by atoms with Crippen molar-refractivity contribution in [3.05, 3.63) is 30.0 Å². The first-order chi connectivity index (χ1) is 6.83. The molecule has 2 N–H and O–H groups in total. The molecule has 0 aliphatic heterocycles. The first kappa shape index (κ1) is 8.90. The standard InChI is InChI=1S/C10H11N3O/c1-11-6-9(14)10-7-4-2-3-5-8(7)12-13-10/h2-5,11H,6H2,1H3,(H,12,13). The molecule has 0 bridgehead atoms. The summed E-state index contributed by atoms with van der Waals surface area (Å²) >= 11 is 0. The Labute approximate surface area is 81.3 Å². The fraction of sp³-hybridized carbons (Fsp3) is 0.200. The molecule has 0 radical (unpaired) electrons. The Hall–Kier alpha value is -1.68. The van der Waals surface area contributed by atoms with Crippen LogP contribution in [0, 0.1) is 0 Å². The van der Waals surface area contributed by atoms with Crippen LogP contribution >= 0.6 is 0 Å². The van der Waals surface area contributed by atoms with Crippen molar-refractivity contribution in [2.45, 2.75) is 0 Å². The maximum Gasteiger partial charge on any atom is 0.197 e. The van der Waals surface area contributed by atoms with E-state index in [0.29, 0.717) is 12.2 Å². The molecule has 0 aliphatic rings. The van der Waals surface area contributed by atoms with E-state index in [1.54, 1.807) is 7.05 Å². The Kier molecular flexibility index (Phi) is 2.28. The Morgan fingerprint density at radius 2 is 2.29 bits per heavy atom. The third-order valence-corrected chi connectivity index (χ3v) is 2.07. The van der Waals surface area contributed by atoms with Gasteiger partial charge in [0, 0.05) is 5.39 Å². The largest absolute Gasteiger partial charge is 0.313 e. The van der Waals surface area contributed by atoms with Crippen LogP contribution < -0.4 is 5.32 Å². The number of carbonyl (C=O) groups is 1. The van der Waals surface area contributed by atoms with Gasteiger partial charge in [-0.25, -0.2) is 0 Å². The van der Waals surface area contributed by atoms with Gasteiger partial charge in [0.25, 0.3) is 0 Å². The van der Waals surface area contributed by atoms with Gasteiger partial charge in [-0.3, -0.25) is 9.89 Å². The normalized spacial score (nSPS) is 10.6. The van der Waals surface area contributed by atoms with Crippen molar-refractivity contribution in [2.24, 2.45) is 0 Å². The average molecular weight is 189 g/mol. The first-order valence-corrected chi connectivity index (χ1v) is 4.44. The summed E-state index contributed by atoms with van der Waals surface area (Å²) in [6.07, 6.45) is 0. The SMILES string of the molecule is CNCC(=O)c1n[nH]c2ccccc12. The molecule has 1 aromatic heterocycles. The second-order valence-corrected chi connectivity index (χ2v) is 3.07. The van der Waals surface area contributed by atoms with Gasteiger partial charge >= 0.3 is 0 Å². The number of ketones is 1. The lowest BCUT2D eigenvalue weighted by atomic mass is 10.1. The summed E-state index contributed by atoms with van der Waals surface area (Å²) in [5.41, 5.74) is 1.40. The number of hydrogen-bond acceptors (Lipinski definition) is 3. The van der Waals surface area contributed by atoms with Gasteiger partial charge in [-0.05, 0) is 13.1 Å². The summed E-state index contributed by atoms with van der Waals surface area (Å²) in [7, 11) is 1.74. The smallest absolute Gasteiger partial charge is 0.197 e. The molecule has 2 rings (SSSR count). The van der Waals surface area contributed by atoms with Gasteiger partial charge in [0.05, 0.1) is 12.1 Å². The third kappa shape index (κ3) is 1.40. The summed E-state index contributed by atoms with van der Waals surface area (Å²) < 4.78 is 0. The lowest BCUT2D eigenvalue weighted by Gasteiger charge is -1.95. The lowest BCUT2D eigenvalue weighted by Crippen LogP contribution is -2.19. The van der Waals surface area contributed by atoms with Crippen LogP contribution in [0.25, 0.3) is 10.9 Å². The molecule has 0 aliphatic carbocycles. The minimum absolute atomic E-state index is 0.00458. The minimum Gasteiger partial charge on any atom is -0.313 e. The van der Waals surface area contributed by atoms with Crippen molar-refractivity contribution in [1.82, 2.24) is 15.5 Å². The summed E-state index contributed by atoms with van der Waals surface area (Å²) in [5, 5.41) is 10.5. The second-order valence-electron chi connectivity index (χ2n) is 3.07. The van der Waals surface area contributed by atoms with E-state index >= 15 is 0 Å². The van der Waals surface area contributed by atoms with Crippen molar-refractivity contribution >= 4 is 16.7 Å². The molecule has 1 aromatic carbocycles. The molecule has 1 heterocycles. The van der Waals surface area contributed by atoms with E-state index in [0.717, 1.165) is 10.9 Å². The number of benzene rings is 1. The van der Waals surface area contributed by atoms with Gasteiger partial charge in [-0.15, -0.1) is 0 Å². The highest BCUT2D eigenvalue weighted by molar-refractivity contribution is 6.06. The minimum atomic E-state index is 0.00458. The Morgan fingerprint density at radius 1 is 1.50 bits per heavy atom. The zero-order valence-corrected chi connectivity index (χ0v) is 7.87. The van der Waals surface area contributed by atoms with Crippen molar-refractivity contribution in [1.29, 1.82) is 0 Å². The molecule has 0 saturated carbocycles. The summed E-state index contributed by atoms with van der Waals surface area (Å²) in [6.45, 7) is 0.314. The number of aromatic amines is 1. The second kappa shape index (κ2) is 3.59. The van der Waals surface area contributed by atoms with Crippen LogP contribution in [0.15, 0.2) is 24.3 Å². The highest BCUT2D eigenvalue weighted by atomic mass is 16.1. The molecule has 0 saturated heterocycles. The Bertz CT molecular complexity index is 461. The molecule has 0 spiro atoms. The van der Waals surface area contributed by atoms with Crippen LogP contribution in [0.2, 0.25) is 0 Å². The number of nitrogens with one attached hydrogen (secondary N) is 2. The number of rotatable bonds is 3. The van der Waals surface area contributed by atoms with Crippen molar-refractivity contribution in [3.63, 3.8) is 0 Å². The Balaban J connectivity index is 2.47. The van der Waals surface area contributed by atoms with Gasteiger partial charge in [-0.1, -0.05) is 18.2 Å². The monoisotopic (exact) mass is 189 g/mol. The number of H-pyrrole nitrogens is 1. The number of likely N-dealkylation sites (N-methyl/N-ethyl adjacent to an activating group) is 1. The zero-order valence-electron chi connectivity index (χ0n) is 7.87. The van der Waals surface area contributed by atoms with Crippen LogP contribution in [-0.2, 0) is 0 Å². The van der Waals surface area contributed by atoms with Crippen molar-refractivity contribution in [2.75, 3.05) is 13.6 Å². The fourth-order valence-corrected chi connectivity index (χ4v) is 1.42. The Morgan fingerprint density at radius 3 is 3.07 bits per heavy atom. The fourth-order valence-electron chi connectivity index (χ4n) is 1.42. The average Bonchev–Trinajstić information content (AvgIpc) is 2.61. The quantitative estimate of drug-likeness (QED) is 0.707. The van der Waals surface area contributed by atoms with Crippen LogP contribution in [-0.4, -0.2) is 29.6 Å². The van der Waals surface area contributed by atoms with E-state index in [1.165, 1.54) is 0 Å². The molecule has 0 fully saturated rings. The highest BCUT2D eigenvalue weighted by Gasteiger charge is 2.11. The maximum absolute atomic E-state index is 11.6. The molecule has 4 nitrogen and oxygen atoms in total. The van der Waals surface area contributed by atoms with Crippen molar-refractivity contribution < 1.29 is 4.79 Å². The first-order valence-electron chi connectivity index (χ1n) is 4.44. The number of Topliss-reactive ketones (excluding diaryl/α,β-unsaturated/α-hetero) is 1. The zero-order chi connectivity index (χ0) is 9.97. The molecule has 2 aromatic rings. The summed E-state index contributed by atoms with van der Waals surface area (Å²) in [4.78, 5) is 11.6. The van der Waals surface area contributed by atoms with Gasteiger partial charge < -0.3 is 5.32 Å². The van der Waals surface area contributed by atoms with Crippen LogP contribution in [0.1, 0.15) is 10.5 Å². The molecule has 4 heteroatoms. The number of carbonyl (C=O) groups excluding carboxylic acids is 1. The third-order valence-electron chi connectivity index (χ3n) is 2.07. The molecule has 0 unspecified atom stereocenters. The molecule has 0 atom stereocenters. The van der Waals surface area contributed by atoms with Gasteiger partial charge in [0.1, 0.15) is 5.69 Å². The molecule has 14 heavy (non-hydrogen) atoms. The number of aromatic nitrogens is 2. The van der Waals surface area contributed by atoms with Crippen molar-refractivity contribution in [3.8, 4) is 0 Å². The number of fused-ring (bicyclic) bond motifs is 1. The number of hydrogen-bond donors (Lipinski definition) is 2. The summed E-state index contributed by atoms with van der Waals surface area (Å²) in [6, 6.07) is 7.60. The molecule has 0 amide bonds. The molecular weight excluding hydrogens is 178 g/mol. The van der Waals surface area contributed by atoms with Gasteiger partial charge in [-0.2, -0.15) is 5.10 Å². The lowest BCUT2D eigenvalue weighted by molar-refractivity contribution is 0.0990. The maximum atomic E-state index is 11.6. The molecule has 72 valence electrons. The number of para-hydroxylation sites is 1.